The Bertz CT molecular complexity index is 1310. The molecule has 0 saturated heterocycles. The summed E-state index contributed by atoms with van der Waals surface area (Å²) in [5.74, 6) is -5.66. The van der Waals surface area contributed by atoms with E-state index in [-0.39, 0.29) is 11.1 Å². The number of carboxylic acid groups (broad SMARTS) is 2. The van der Waals surface area contributed by atoms with E-state index in [4.69, 9.17) is 9.47 Å². The van der Waals surface area contributed by atoms with E-state index >= 15 is 0 Å². The third-order valence-electron chi connectivity index (χ3n) is 5.25. The summed E-state index contributed by atoms with van der Waals surface area (Å²) >= 11 is 0. The number of rotatable bonds is 7. The maximum absolute atomic E-state index is 12.8. The molecule has 170 valence electrons. The van der Waals surface area contributed by atoms with Gasteiger partial charge in [-0.25, -0.2) is 19.2 Å². The van der Waals surface area contributed by atoms with Crippen LogP contribution >= 0.6 is 0 Å². The first kappa shape index (κ1) is 22.5. The summed E-state index contributed by atoms with van der Waals surface area (Å²) in [5, 5.41) is 21.7. The van der Waals surface area contributed by atoms with E-state index in [9.17, 15) is 29.4 Å². The van der Waals surface area contributed by atoms with Crippen LogP contribution in [0.4, 0.5) is 0 Å². The van der Waals surface area contributed by atoms with Crippen molar-refractivity contribution in [1.29, 1.82) is 0 Å². The molecule has 0 aromatic heterocycles. The number of aliphatic carboxylic acids is 2. The number of carbonyl (C=O) groups excluding carboxylic acids is 2. The zero-order valence-electron chi connectivity index (χ0n) is 17.6. The monoisotopic (exact) mass is 458 g/mol. The summed E-state index contributed by atoms with van der Waals surface area (Å²) in [6.45, 7) is 0. The Balaban J connectivity index is 1.63. The summed E-state index contributed by atoms with van der Waals surface area (Å²) in [6.07, 6.45) is -4.55. The standard InChI is InChI=1S/C26H18O8/c27-23(28)21(33-25(31)19-13-5-9-15-7-1-3-11-17(15)19)22(24(29)30)34-26(32)20-14-6-10-16-8-2-4-12-18(16)20/h1-14,21-22H,(H,27,28)(H,29,30)/t21-,22-/m1/s1. The van der Waals surface area contributed by atoms with Gasteiger partial charge in [0.2, 0.25) is 12.2 Å². The molecule has 8 nitrogen and oxygen atoms in total. The number of carboxylic acids is 2. The van der Waals surface area contributed by atoms with Crippen LogP contribution in [-0.2, 0) is 19.1 Å². The van der Waals surface area contributed by atoms with Crippen LogP contribution in [0.5, 0.6) is 0 Å². The number of esters is 2. The Morgan fingerprint density at radius 2 is 0.882 bits per heavy atom. The molecule has 4 aromatic rings. The van der Waals surface area contributed by atoms with E-state index in [2.05, 4.69) is 0 Å². The van der Waals surface area contributed by atoms with Crippen molar-refractivity contribution in [2.45, 2.75) is 12.2 Å². The van der Waals surface area contributed by atoms with Gasteiger partial charge in [-0.05, 0) is 33.7 Å². The van der Waals surface area contributed by atoms with Crippen LogP contribution in [0.25, 0.3) is 21.5 Å². The summed E-state index contributed by atoms with van der Waals surface area (Å²) in [4.78, 5) is 49.4. The Morgan fingerprint density at radius 3 is 1.26 bits per heavy atom. The first-order chi connectivity index (χ1) is 16.4. The van der Waals surface area contributed by atoms with E-state index in [0.29, 0.717) is 21.5 Å². The summed E-state index contributed by atoms with van der Waals surface area (Å²) in [6, 6.07) is 23.3. The van der Waals surface area contributed by atoms with Gasteiger partial charge in [-0.1, -0.05) is 72.8 Å². The van der Waals surface area contributed by atoms with Crippen molar-refractivity contribution in [1.82, 2.24) is 0 Å². The van der Waals surface area contributed by atoms with Crippen LogP contribution < -0.4 is 0 Å². The first-order valence-electron chi connectivity index (χ1n) is 10.2. The number of benzene rings is 4. The molecule has 2 atom stereocenters. The van der Waals surface area contributed by atoms with Gasteiger partial charge in [0, 0.05) is 0 Å². The highest BCUT2D eigenvalue weighted by Gasteiger charge is 2.41. The number of ether oxygens (including phenoxy) is 2. The number of hydrogen-bond donors (Lipinski definition) is 2. The largest absolute Gasteiger partial charge is 0.478 e. The van der Waals surface area contributed by atoms with E-state index in [1.807, 2.05) is 0 Å². The van der Waals surface area contributed by atoms with Crippen LogP contribution in [0, 0.1) is 0 Å². The molecule has 0 unspecified atom stereocenters. The predicted octanol–water partition coefficient (Wildman–Crippen LogP) is 3.91. The van der Waals surface area contributed by atoms with Crippen LogP contribution in [0.2, 0.25) is 0 Å². The second-order valence-electron chi connectivity index (χ2n) is 7.38. The number of fused-ring (bicyclic) bond motifs is 2. The summed E-state index contributed by atoms with van der Waals surface area (Å²) in [7, 11) is 0. The zero-order chi connectivity index (χ0) is 24.2. The lowest BCUT2D eigenvalue weighted by molar-refractivity contribution is -0.166. The van der Waals surface area contributed by atoms with Crippen molar-refractivity contribution in [3.8, 4) is 0 Å². The molecule has 0 spiro atoms. The second kappa shape index (κ2) is 9.41. The predicted molar refractivity (Wildman–Crippen MR) is 122 cm³/mol. The third kappa shape index (κ3) is 4.42. The van der Waals surface area contributed by atoms with Crippen LogP contribution in [0.15, 0.2) is 84.9 Å². The molecule has 4 rings (SSSR count). The van der Waals surface area contributed by atoms with Crippen molar-refractivity contribution in [3.63, 3.8) is 0 Å². The maximum atomic E-state index is 12.8. The van der Waals surface area contributed by atoms with Crippen LogP contribution in [0.3, 0.4) is 0 Å². The molecule has 0 bridgehead atoms. The highest BCUT2D eigenvalue weighted by atomic mass is 16.6. The van der Waals surface area contributed by atoms with Gasteiger partial charge >= 0.3 is 23.9 Å². The molecule has 0 aliphatic rings. The van der Waals surface area contributed by atoms with Crippen molar-refractivity contribution < 1.29 is 38.9 Å². The normalized spacial score (nSPS) is 12.6. The molecule has 8 heteroatoms. The highest BCUT2D eigenvalue weighted by molar-refractivity contribution is 6.06. The molecule has 2 N–H and O–H groups in total. The smallest absolute Gasteiger partial charge is 0.349 e. The Kier molecular flexibility index (Phi) is 6.22. The Hall–Kier alpha value is -4.72. The molecule has 0 aliphatic carbocycles. The van der Waals surface area contributed by atoms with Crippen molar-refractivity contribution in [2.75, 3.05) is 0 Å². The fraction of sp³-hybridized carbons (Fsp3) is 0.0769. The summed E-state index contributed by atoms with van der Waals surface area (Å²) in [5.41, 5.74) is 0.0998. The minimum atomic E-state index is -2.28. The van der Waals surface area contributed by atoms with Gasteiger partial charge in [-0.2, -0.15) is 0 Å². The average Bonchev–Trinajstić information content (AvgIpc) is 2.84. The van der Waals surface area contributed by atoms with Gasteiger partial charge in [-0.15, -0.1) is 0 Å². The van der Waals surface area contributed by atoms with Gasteiger partial charge in [0.15, 0.2) is 0 Å². The van der Waals surface area contributed by atoms with E-state index < -0.39 is 36.1 Å². The molecular weight excluding hydrogens is 440 g/mol. The van der Waals surface area contributed by atoms with Crippen molar-refractivity contribution in [2.24, 2.45) is 0 Å². The number of carbonyl (C=O) groups is 4. The van der Waals surface area contributed by atoms with Crippen LogP contribution in [0.1, 0.15) is 20.7 Å². The quantitative estimate of drug-likeness (QED) is 0.399. The molecule has 0 aliphatic heterocycles. The SMILES string of the molecule is O=C(O[C@@H](C(=O)O)[C@@H](OC(=O)c1cccc2ccccc12)C(=O)O)c1cccc2ccccc12. The highest BCUT2D eigenvalue weighted by Crippen LogP contribution is 2.23. The molecule has 34 heavy (non-hydrogen) atoms. The molecule has 0 fully saturated rings. The lowest BCUT2D eigenvalue weighted by atomic mass is 10.0. The lowest BCUT2D eigenvalue weighted by Crippen LogP contribution is -2.45. The van der Waals surface area contributed by atoms with Gasteiger partial charge in [0.25, 0.3) is 0 Å². The average molecular weight is 458 g/mol. The van der Waals surface area contributed by atoms with Crippen molar-refractivity contribution in [3.05, 3.63) is 96.1 Å². The van der Waals surface area contributed by atoms with Gasteiger partial charge in [0.1, 0.15) is 0 Å². The summed E-state index contributed by atoms with van der Waals surface area (Å²) < 4.78 is 10.1. The first-order valence-corrected chi connectivity index (χ1v) is 10.2. The van der Waals surface area contributed by atoms with Crippen molar-refractivity contribution >= 4 is 45.4 Å². The van der Waals surface area contributed by atoms with E-state index in [0.717, 1.165) is 0 Å². The fourth-order valence-electron chi connectivity index (χ4n) is 3.65. The topological polar surface area (TPSA) is 127 Å². The molecular formula is C26H18O8. The minimum Gasteiger partial charge on any atom is -0.478 e. The molecule has 0 radical (unpaired) electrons. The van der Waals surface area contributed by atoms with Gasteiger partial charge in [-0.3, -0.25) is 0 Å². The third-order valence-corrected chi connectivity index (χ3v) is 5.25. The van der Waals surface area contributed by atoms with Gasteiger partial charge in [0.05, 0.1) is 11.1 Å². The molecule has 0 heterocycles. The number of hydrogen-bond acceptors (Lipinski definition) is 6. The maximum Gasteiger partial charge on any atom is 0.349 e. The molecule has 0 saturated carbocycles. The molecule has 4 aromatic carbocycles. The Morgan fingerprint density at radius 1 is 0.529 bits per heavy atom. The minimum absolute atomic E-state index is 0.0499. The zero-order valence-corrected chi connectivity index (χ0v) is 17.6. The fourth-order valence-corrected chi connectivity index (χ4v) is 3.65. The lowest BCUT2D eigenvalue weighted by Gasteiger charge is -2.21. The van der Waals surface area contributed by atoms with Gasteiger partial charge < -0.3 is 19.7 Å². The van der Waals surface area contributed by atoms with E-state index in [1.54, 1.807) is 72.8 Å². The second-order valence-corrected chi connectivity index (χ2v) is 7.38. The Labute approximate surface area is 193 Å². The van der Waals surface area contributed by atoms with E-state index in [1.165, 1.54) is 12.1 Å². The molecule has 0 amide bonds. The van der Waals surface area contributed by atoms with Crippen LogP contribution in [-0.4, -0.2) is 46.3 Å².